The average molecular weight is 231 g/mol. The van der Waals surface area contributed by atoms with Gasteiger partial charge in [0.25, 0.3) is 0 Å². The van der Waals surface area contributed by atoms with Crippen LogP contribution in [0.25, 0.3) is 11.4 Å². The van der Waals surface area contributed by atoms with Gasteiger partial charge in [-0.15, -0.1) is 0 Å². The largest absolute Gasteiger partial charge is 0.496 e. The van der Waals surface area contributed by atoms with Gasteiger partial charge < -0.3 is 10.2 Å². The summed E-state index contributed by atoms with van der Waals surface area (Å²) in [7, 11) is 1.68. The molecule has 0 amide bonds. The number of ether oxygens (including phenoxy) is 1. The number of imidazole rings is 1. The van der Waals surface area contributed by atoms with Crippen molar-refractivity contribution >= 4 is 0 Å². The van der Waals surface area contributed by atoms with Gasteiger partial charge in [0.1, 0.15) is 5.75 Å². The number of methoxy groups -OCH3 is 1. The number of aromatic nitrogens is 2. The van der Waals surface area contributed by atoms with Gasteiger partial charge in [0.2, 0.25) is 0 Å². The van der Waals surface area contributed by atoms with E-state index in [4.69, 9.17) is 4.74 Å². The molecule has 0 bridgehead atoms. The Morgan fingerprint density at radius 3 is 2.94 bits per heavy atom. The molecule has 0 saturated heterocycles. The standard InChI is InChI=1S/C13H17N3O/c1-4-15-16-9-8-14-13(16)12-10(2)6-5-7-11(12)17-3/h5-9,15H,4H2,1-3H3. The lowest BCUT2D eigenvalue weighted by molar-refractivity contribution is 0.415. The molecule has 2 rings (SSSR count). The highest BCUT2D eigenvalue weighted by molar-refractivity contribution is 5.68. The minimum Gasteiger partial charge on any atom is -0.496 e. The smallest absolute Gasteiger partial charge is 0.162 e. The molecule has 0 radical (unpaired) electrons. The van der Waals surface area contributed by atoms with E-state index in [0.717, 1.165) is 29.2 Å². The van der Waals surface area contributed by atoms with Crippen LogP contribution >= 0.6 is 0 Å². The quantitative estimate of drug-likeness (QED) is 0.878. The molecule has 0 spiro atoms. The summed E-state index contributed by atoms with van der Waals surface area (Å²) >= 11 is 0. The van der Waals surface area contributed by atoms with E-state index in [1.54, 1.807) is 13.3 Å². The summed E-state index contributed by atoms with van der Waals surface area (Å²) in [6, 6.07) is 5.99. The fourth-order valence-corrected chi connectivity index (χ4v) is 1.88. The predicted octanol–water partition coefficient (Wildman–Crippen LogP) is 2.43. The lowest BCUT2D eigenvalue weighted by Crippen LogP contribution is -2.14. The van der Waals surface area contributed by atoms with Crippen LogP contribution in [0.3, 0.4) is 0 Å². The topological polar surface area (TPSA) is 39.1 Å². The summed E-state index contributed by atoms with van der Waals surface area (Å²) in [5.41, 5.74) is 5.41. The van der Waals surface area contributed by atoms with E-state index < -0.39 is 0 Å². The summed E-state index contributed by atoms with van der Waals surface area (Å²) in [5, 5.41) is 0. The Morgan fingerprint density at radius 2 is 2.24 bits per heavy atom. The van der Waals surface area contributed by atoms with Crippen molar-refractivity contribution in [3.05, 3.63) is 36.2 Å². The van der Waals surface area contributed by atoms with Crippen molar-refractivity contribution in [2.24, 2.45) is 0 Å². The number of nitrogens with zero attached hydrogens (tertiary/aromatic N) is 2. The first-order chi connectivity index (χ1) is 8.27. The van der Waals surface area contributed by atoms with Crippen LogP contribution in [0.1, 0.15) is 12.5 Å². The maximum Gasteiger partial charge on any atom is 0.162 e. The maximum atomic E-state index is 5.40. The van der Waals surface area contributed by atoms with Crippen LogP contribution < -0.4 is 10.2 Å². The second kappa shape index (κ2) is 4.91. The zero-order valence-electron chi connectivity index (χ0n) is 10.4. The lowest BCUT2D eigenvalue weighted by atomic mass is 10.1. The third kappa shape index (κ3) is 2.11. The van der Waals surface area contributed by atoms with Crippen molar-refractivity contribution in [1.29, 1.82) is 0 Å². The van der Waals surface area contributed by atoms with Crippen LogP contribution in [-0.4, -0.2) is 23.3 Å². The van der Waals surface area contributed by atoms with E-state index in [1.165, 1.54) is 0 Å². The monoisotopic (exact) mass is 231 g/mol. The SMILES string of the molecule is CCNn1ccnc1-c1c(C)cccc1OC. The van der Waals surface area contributed by atoms with E-state index >= 15 is 0 Å². The van der Waals surface area contributed by atoms with Gasteiger partial charge in [-0.05, 0) is 25.5 Å². The Bertz CT molecular complexity index is 505. The first-order valence-corrected chi connectivity index (χ1v) is 5.69. The zero-order valence-corrected chi connectivity index (χ0v) is 10.4. The molecule has 1 N–H and O–H groups in total. The maximum absolute atomic E-state index is 5.40. The molecular formula is C13H17N3O. The van der Waals surface area contributed by atoms with E-state index in [2.05, 4.69) is 30.3 Å². The molecule has 0 unspecified atom stereocenters. The summed E-state index contributed by atoms with van der Waals surface area (Å²) in [6.07, 6.45) is 3.69. The number of aryl methyl sites for hydroxylation is 1. The Kier molecular flexibility index (Phi) is 3.32. The Hall–Kier alpha value is -1.97. The van der Waals surface area contributed by atoms with Crippen LogP contribution in [-0.2, 0) is 0 Å². The predicted molar refractivity (Wildman–Crippen MR) is 68.9 cm³/mol. The highest BCUT2D eigenvalue weighted by Crippen LogP contribution is 2.31. The summed E-state index contributed by atoms with van der Waals surface area (Å²) < 4.78 is 7.32. The van der Waals surface area contributed by atoms with Crippen LogP contribution in [0.4, 0.5) is 0 Å². The molecule has 1 aromatic heterocycles. The van der Waals surface area contributed by atoms with Gasteiger partial charge in [0.05, 0.1) is 12.7 Å². The van der Waals surface area contributed by atoms with Gasteiger partial charge in [-0.2, -0.15) is 0 Å². The molecule has 0 fully saturated rings. The van der Waals surface area contributed by atoms with E-state index in [9.17, 15) is 0 Å². The molecule has 0 aliphatic rings. The van der Waals surface area contributed by atoms with E-state index in [1.807, 2.05) is 23.0 Å². The fraction of sp³-hybridized carbons (Fsp3) is 0.308. The van der Waals surface area contributed by atoms with Crippen molar-refractivity contribution in [2.75, 3.05) is 19.1 Å². The number of hydrogen-bond acceptors (Lipinski definition) is 3. The molecule has 0 aliphatic heterocycles. The fourth-order valence-electron chi connectivity index (χ4n) is 1.88. The number of rotatable bonds is 4. The molecule has 1 heterocycles. The highest BCUT2D eigenvalue weighted by Gasteiger charge is 2.13. The van der Waals surface area contributed by atoms with Crippen molar-refractivity contribution in [3.63, 3.8) is 0 Å². The van der Waals surface area contributed by atoms with Crippen LogP contribution in [0, 0.1) is 6.92 Å². The van der Waals surface area contributed by atoms with Crippen molar-refractivity contribution in [1.82, 2.24) is 9.66 Å². The number of benzene rings is 1. The van der Waals surface area contributed by atoms with Crippen LogP contribution in [0.15, 0.2) is 30.6 Å². The molecule has 4 heteroatoms. The first-order valence-electron chi connectivity index (χ1n) is 5.69. The lowest BCUT2D eigenvalue weighted by Gasteiger charge is -2.13. The average Bonchev–Trinajstić information content (AvgIpc) is 2.77. The normalized spacial score (nSPS) is 10.3. The Morgan fingerprint density at radius 1 is 1.41 bits per heavy atom. The van der Waals surface area contributed by atoms with Crippen LogP contribution in [0.2, 0.25) is 0 Å². The molecule has 1 aromatic carbocycles. The van der Waals surface area contributed by atoms with Gasteiger partial charge in [0.15, 0.2) is 5.82 Å². The number of nitrogens with one attached hydrogen (secondary N) is 1. The third-order valence-electron chi connectivity index (χ3n) is 2.65. The minimum atomic E-state index is 0.843. The van der Waals surface area contributed by atoms with Gasteiger partial charge in [-0.3, -0.25) is 0 Å². The molecular weight excluding hydrogens is 214 g/mol. The number of hydrogen-bond donors (Lipinski definition) is 1. The molecule has 2 aromatic rings. The minimum absolute atomic E-state index is 0.843. The summed E-state index contributed by atoms with van der Waals surface area (Å²) in [4.78, 5) is 4.39. The first kappa shape index (κ1) is 11.5. The molecule has 17 heavy (non-hydrogen) atoms. The molecule has 0 atom stereocenters. The third-order valence-corrected chi connectivity index (χ3v) is 2.65. The van der Waals surface area contributed by atoms with Gasteiger partial charge in [-0.25, -0.2) is 9.66 Å². The highest BCUT2D eigenvalue weighted by atomic mass is 16.5. The molecule has 90 valence electrons. The molecule has 0 saturated carbocycles. The van der Waals surface area contributed by atoms with E-state index in [0.29, 0.717) is 0 Å². The van der Waals surface area contributed by atoms with Crippen molar-refractivity contribution in [2.45, 2.75) is 13.8 Å². The molecule has 0 aliphatic carbocycles. The summed E-state index contributed by atoms with van der Waals surface area (Å²) in [5.74, 6) is 1.72. The van der Waals surface area contributed by atoms with Gasteiger partial charge in [0, 0.05) is 18.9 Å². The van der Waals surface area contributed by atoms with Gasteiger partial charge in [-0.1, -0.05) is 12.1 Å². The van der Waals surface area contributed by atoms with Crippen LogP contribution in [0.5, 0.6) is 5.75 Å². The Labute approximate surface area is 101 Å². The zero-order chi connectivity index (χ0) is 12.3. The van der Waals surface area contributed by atoms with E-state index in [-0.39, 0.29) is 0 Å². The second-order valence-electron chi connectivity index (χ2n) is 3.78. The van der Waals surface area contributed by atoms with Crippen molar-refractivity contribution < 1.29 is 4.74 Å². The summed E-state index contributed by atoms with van der Waals surface area (Å²) in [6.45, 7) is 4.96. The van der Waals surface area contributed by atoms with Crippen molar-refractivity contribution in [3.8, 4) is 17.1 Å². The Balaban J connectivity index is 2.55. The van der Waals surface area contributed by atoms with Gasteiger partial charge >= 0.3 is 0 Å². The second-order valence-corrected chi connectivity index (χ2v) is 3.78. The molecule has 4 nitrogen and oxygen atoms in total.